The molecular weight excluding hydrogens is 369 g/mol. The van der Waals surface area contributed by atoms with Crippen molar-refractivity contribution in [3.05, 3.63) is 35.9 Å². The van der Waals surface area contributed by atoms with Gasteiger partial charge in [0.2, 0.25) is 5.91 Å². The van der Waals surface area contributed by atoms with Gasteiger partial charge in [-0.25, -0.2) is 4.79 Å². The summed E-state index contributed by atoms with van der Waals surface area (Å²) >= 11 is 5.42. The molecule has 1 aromatic carbocycles. The molecular formula is C14H18ClF3N2O5. The number of carbonyl (C=O) groups is 3. The Kier molecular flexibility index (Phi) is 14.0. The number of carboxylic acids is 2. The molecule has 25 heavy (non-hydrogen) atoms. The average Bonchev–Trinajstić information content (AvgIpc) is 2.54. The average molecular weight is 387 g/mol. The van der Waals surface area contributed by atoms with E-state index >= 15 is 0 Å². The van der Waals surface area contributed by atoms with Crippen molar-refractivity contribution in [2.24, 2.45) is 5.73 Å². The maximum Gasteiger partial charge on any atom is 0.490 e. The summed E-state index contributed by atoms with van der Waals surface area (Å²) in [5, 5.41) is 17.5. The van der Waals surface area contributed by atoms with Crippen molar-refractivity contribution in [1.82, 2.24) is 5.32 Å². The summed E-state index contributed by atoms with van der Waals surface area (Å²) in [5.41, 5.74) is 5.67. The fourth-order valence-electron chi connectivity index (χ4n) is 0.971. The molecule has 1 aromatic rings. The Morgan fingerprint density at radius 3 is 1.88 bits per heavy atom. The second kappa shape index (κ2) is 14.1. The van der Waals surface area contributed by atoms with Crippen LogP contribution >= 0.6 is 11.6 Å². The molecule has 0 aliphatic rings. The second-order valence-electron chi connectivity index (χ2n) is 4.10. The number of alkyl halides is 4. The fraction of sp³-hybridized carbons (Fsp3) is 0.357. The molecule has 5 N–H and O–H groups in total. The van der Waals surface area contributed by atoms with Gasteiger partial charge < -0.3 is 21.3 Å². The zero-order valence-electron chi connectivity index (χ0n) is 12.9. The Hall–Kier alpha value is -2.33. The molecule has 142 valence electrons. The van der Waals surface area contributed by atoms with Crippen LogP contribution in [-0.2, 0) is 20.9 Å². The van der Waals surface area contributed by atoms with Crippen LogP contribution < -0.4 is 11.1 Å². The van der Waals surface area contributed by atoms with E-state index in [0.717, 1.165) is 5.56 Å². The third-order valence-electron chi connectivity index (χ3n) is 2.07. The first kappa shape index (κ1) is 24.9. The van der Waals surface area contributed by atoms with Gasteiger partial charge in [0, 0.05) is 18.8 Å². The zero-order chi connectivity index (χ0) is 19.9. The monoisotopic (exact) mass is 386 g/mol. The van der Waals surface area contributed by atoms with E-state index in [0.29, 0.717) is 18.8 Å². The number of amides is 1. The lowest BCUT2D eigenvalue weighted by Crippen LogP contribution is -2.22. The second-order valence-corrected chi connectivity index (χ2v) is 4.48. The lowest BCUT2D eigenvalue weighted by Gasteiger charge is -2.02. The number of benzene rings is 1. The minimum Gasteiger partial charge on any atom is -0.480 e. The van der Waals surface area contributed by atoms with Gasteiger partial charge in [0.15, 0.2) is 0 Å². The number of carbonyl (C=O) groups excluding carboxylic acids is 1. The maximum absolute atomic E-state index is 11.0. The van der Waals surface area contributed by atoms with Gasteiger partial charge in [0.05, 0.1) is 6.54 Å². The summed E-state index contributed by atoms with van der Waals surface area (Å²) < 4.78 is 31.7. The predicted molar refractivity (Wildman–Crippen MR) is 84.0 cm³/mol. The standard InChI is InChI=1S/C10H12ClNO.C2HF3O2.C2H5NO2/c11-7-6-10(13)12-8-9-4-2-1-3-5-9;3-2(4,5)1(6)7;3-1-2(4)5/h1-5H,6-8H2,(H,12,13);(H,6,7);1,3H2,(H,4,5). The Morgan fingerprint density at radius 2 is 1.56 bits per heavy atom. The van der Waals surface area contributed by atoms with Crippen molar-refractivity contribution < 1.29 is 37.8 Å². The van der Waals surface area contributed by atoms with Crippen LogP contribution in [0.1, 0.15) is 12.0 Å². The van der Waals surface area contributed by atoms with Crippen LogP contribution in [-0.4, -0.2) is 46.7 Å². The van der Waals surface area contributed by atoms with Crippen LogP contribution in [0.2, 0.25) is 0 Å². The first-order valence-corrected chi connectivity index (χ1v) is 7.16. The zero-order valence-corrected chi connectivity index (χ0v) is 13.7. The normalized spacial score (nSPS) is 9.64. The Morgan fingerprint density at radius 1 is 1.12 bits per heavy atom. The molecule has 1 rings (SSSR count). The van der Waals surface area contributed by atoms with E-state index in [1.165, 1.54) is 0 Å². The molecule has 0 fully saturated rings. The predicted octanol–water partition coefficient (Wildman–Crippen LogP) is 1.59. The lowest BCUT2D eigenvalue weighted by molar-refractivity contribution is -0.192. The first-order valence-electron chi connectivity index (χ1n) is 6.63. The van der Waals surface area contributed by atoms with Crippen LogP contribution in [0.15, 0.2) is 30.3 Å². The molecule has 0 heterocycles. The lowest BCUT2D eigenvalue weighted by atomic mass is 10.2. The topological polar surface area (TPSA) is 130 Å². The Balaban J connectivity index is 0. The number of hydrogen-bond donors (Lipinski definition) is 4. The third kappa shape index (κ3) is 17.9. The summed E-state index contributed by atoms with van der Waals surface area (Å²) in [7, 11) is 0. The number of rotatable bonds is 5. The van der Waals surface area contributed by atoms with E-state index < -0.39 is 18.1 Å². The molecule has 0 saturated carbocycles. The van der Waals surface area contributed by atoms with Crippen molar-refractivity contribution in [1.29, 1.82) is 0 Å². The molecule has 0 saturated heterocycles. The molecule has 1 amide bonds. The third-order valence-corrected chi connectivity index (χ3v) is 2.26. The molecule has 0 unspecified atom stereocenters. The van der Waals surface area contributed by atoms with Crippen LogP contribution in [0.4, 0.5) is 13.2 Å². The Bertz CT molecular complexity index is 527. The highest BCUT2D eigenvalue weighted by atomic mass is 35.5. The highest BCUT2D eigenvalue weighted by Gasteiger charge is 2.38. The summed E-state index contributed by atoms with van der Waals surface area (Å²) in [4.78, 5) is 29.2. The number of carboxylic acid groups (broad SMARTS) is 2. The molecule has 0 aliphatic heterocycles. The van der Waals surface area contributed by atoms with E-state index in [1.807, 2.05) is 30.3 Å². The van der Waals surface area contributed by atoms with Crippen molar-refractivity contribution in [2.75, 3.05) is 12.4 Å². The van der Waals surface area contributed by atoms with Gasteiger partial charge >= 0.3 is 18.1 Å². The van der Waals surface area contributed by atoms with E-state index in [1.54, 1.807) is 0 Å². The van der Waals surface area contributed by atoms with Crippen LogP contribution in [0.5, 0.6) is 0 Å². The van der Waals surface area contributed by atoms with E-state index in [2.05, 4.69) is 11.1 Å². The summed E-state index contributed by atoms with van der Waals surface area (Å²) in [6.45, 7) is 0.302. The number of aliphatic carboxylic acids is 2. The minimum absolute atomic E-state index is 0.00106. The Labute approximate surface area is 146 Å². The van der Waals surface area contributed by atoms with Crippen molar-refractivity contribution >= 4 is 29.4 Å². The van der Waals surface area contributed by atoms with Gasteiger partial charge in [0.1, 0.15) is 0 Å². The SMILES string of the molecule is NCC(=O)O.O=C(CCCl)NCc1ccccc1.O=C(O)C(F)(F)F. The molecule has 0 spiro atoms. The molecule has 0 aromatic heterocycles. The summed E-state index contributed by atoms with van der Waals surface area (Å²) in [6, 6.07) is 9.79. The van der Waals surface area contributed by atoms with E-state index in [9.17, 15) is 22.8 Å². The largest absolute Gasteiger partial charge is 0.490 e. The molecule has 0 radical (unpaired) electrons. The van der Waals surface area contributed by atoms with Gasteiger partial charge in [-0.3, -0.25) is 9.59 Å². The molecule has 7 nitrogen and oxygen atoms in total. The number of hydrogen-bond acceptors (Lipinski definition) is 4. The summed E-state index contributed by atoms with van der Waals surface area (Å²) in [5.74, 6) is -3.35. The quantitative estimate of drug-likeness (QED) is 0.569. The van der Waals surface area contributed by atoms with Crippen LogP contribution in [0.3, 0.4) is 0 Å². The van der Waals surface area contributed by atoms with Gasteiger partial charge in [-0.2, -0.15) is 13.2 Å². The molecule has 0 bridgehead atoms. The highest BCUT2D eigenvalue weighted by Crippen LogP contribution is 2.13. The van der Waals surface area contributed by atoms with Crippen molar-refractivity contribution in [2.45, 2.75) is 19.1 Å². The van der Waals surface area contributed by atoms with Gasteiger partial charge in [0.25, 0.3) is 0 Å². The first-order chi connectivity index (χ1) is 11.5. The van der Waals surface area contributed by atoms with Gasteiger partial charge in [-0.15, -0.1) is 11.6 Å². The van der Waals surface area contributed by atoms with Crippen LogP contribution in [0.25, 0.3) is 0 Å². The van der Waals surface area contributed by atoms with Crippen molar-refractivity contribution in [3.8, 4) is 0 Å². The molecule has 0 atom stereocenters. The van der Waals surface area contributed by atoms with Crippen molar-refractivity contribution in [3.63, 3.8) is 0 Å². The van der Waals surface area contributed by atoms with E-state index in [4.69, 9.17) is 26.6 Å². The maximum atomic E-state index is 11.0. The summed E-state index contributed by atoms with van der Waals surface area (Å²) in [6.07, 6.45) is -4.70. The smallest absolute Gasteiger partial charge is 0.480 e. The molecule has 11 heteroatoms. The number of nitrogens with two attached hydrogens (primary N) is 1. The molecule has 0 aliphatic carbocycles. The minimum atomic E-state index is -5.08. The van der Waals surface area contributed by atoms with Gasteiger partial charge in [-0.05, 0) is 5.56 Å². The van der Waals surface area contributed by atoms with Crippen LogP contribution in [0, 0.1) is 0 Å². The fourth-order valence-corrected chi connectivity index (χ4v) is 1.14. The highest BCUT2D eigenvalue weighted by molar-refractivity contribution is 6.18. The number of nitrogens with one attached hydrogen (secondary N) is 1. The number of halogens is 4. The van der Waals surface area contributed by atoms with E-state index in [-0.39, 0.29) is 12.5 Å². The van der Waals surface area contributed by atoms with Gasteiger partial charge in [-0.1, -0.05) is 30.3 Å².